The van der Waals surface area contributed by atoms with Gasteiger partial charge in [0.2, 0.25) is 0 Å². The van der Waals surface area contributed by atoms with Crippen LogP contribution in [0.4, 0.5) is 0 Å². The van der Waals surface area contributed by atoms with Crippen molar-refractivity contribution < 1.29 is 0 Å². The maximum atomic E-state index is 2.39. The lowest BCUT2D eigenvalue weighted by Crippen LogP contribution is -2.15. The lowest BCUT2D eigenvalue weighted by Gasteiger charge is -2.28. The summed E-state index contributed by atoms with van der Waals surface area (Å²) in [6.45, 7) is 14.0. The Morgan fingerprint density at radius 3 is 1.58 bits per heavy atom. The van der Waals surface area contributed by atoms with Crippen LogP contribution in [0.3, 0.4) is 0 Å². The molecule has 0 spiro atoms. The van der Waals surface area contributed by atoms with E-state index in [2.05, 4.69) is 41.5 Å². The summed E-state index contributed by atoms with van der Waals surface area (Å²) in [4.78, 5) is 0. The van der Waals surface area contributed by atoms with Gasteiger partial charge in [0.25, 0.3) is 0 Å². The van der Waals surface area contributed by atoms with Gasteiger partial charge in [-0.15, -0.1) is 0 Å². The third-order valence-corrected chi connectivity index (χ3v) is 2.48. The van der Waals surface area contributed by atoms with Crippen LogP contribution in [-0.2, 0) is 0 Å². The maximum absolute atomic E-state index is 2.39. The molecule has 0 aliphatic rings. The van der Waals surface area contributed by atoms with Crippen molar-refractivity contribution in [3.8, 4) is 0 Å². The largest absolute Gasteiger partial charge is 0.0654 e. The summed E-state index contributed by atoms with van der Waals surface area (Å²) in [6, 6.07) is 0. The monoisotopic (exact) mass is 170 g/mol. The van der Waals surface area contributed by atoms with Crippen LogP contribution in [0.1, 0.15) is 67.2 Å². The normalized spacial score (nSPS) is 13.5. The maximum Gasteiger partial charge on any atom is -0.0354 e. The zero-order valence-corrected chi connectivity index (χ0v) is 9.83. The zero-order chi connectivity index (χ0) is 9.83. The van der Waals surface area contributed by atoms with Crippen molar-refractivity contribution in [3.63, 3.8) is 0 Å². The fraction of sp³-hybridized carbons (Fsp3) is 1.00. The van der Waals surface area contributed by atoms with Crippen LogP contribution in [0.25, 0.3) is 0 Å². The van der Waals surface area contributed by atoms with Gasteiger partial charge in [-0.3, -0.25) is 0 Å². The molecule has 0 heteroatoms. The highest BCUT2D eigenvalue weighted by Gasteiger charge is 2.20. The van der Waals surface area contributed by atoms with Gasteiger partial charge in [0, 0.05) is 0 Å². The fourth-order valence-electron chi connectivity index (χ4n) is 1.52. The molecule has 0 atom stereocenters. The van der Waals surface area contributed by atoms with E-state index in [9.17, 15) is 0 Å². The molecule has 0 aromatic heterocycles. The van der Waals surface area contributed by atoms with Gasteiger partial charge in [0.05, 0.1) is 0 Å². The molecule has 0 nitrogen and oxygen atoms in total. The predicted octanol–water partition coefficient (Wildman–Crippen LogP) is 4.64. The Balaban J connectivity index is 3.75. The summed E-state index contributed by atoms with van der Waals surface area (Å²) in [7, 11) is 0. The molecule has 0 saturated heterocycles. The average Bonchev–Trinajstić information content (AvgIpc) is 1.83. The van der Waals surface area contributed by atoms with E-state index >= 15 is 0 Å². The van der Waals surface area contributed by atoms with Crippen LogP contribution in [0.2, 0.25) is 0 Å². The molecule has 0 N–H and O–H groups in total. The van der Waals surface area contributed by atoms with E-state index in [1.807, 2.05) is 0 Å². The molecule has 0 fully saturated rings. The second kappa shape index (κ2) is 4.30. The van der Waals surface area contributed by atoms with E-state index in [1.165, 1.54) is 25.7 Å². The number of hydrogen-bond acceptors (Lipinski definition) is 0. The van der Waals surface area contributed by atoms with E-state index in [0.29, 0.717) is 10.8 Å². The number of hydrogen-bond donors (Lipinski definition) is 0. The van der Waals surface area contributed by atoms with Crippen molar-refractivity contribution >= 4 is 0 Å². The van der Waals surface area contributed by atoms with E-state index in [-0.39, 0.29) is 0 Å². The Kier molecular flexibility index (Phi) is 4.30. The summed E-state index contributed by atoms with van der Waals surface area (Å²) < 4.78 is 0. The van der Waals surface area contributed by atoms with Gasteiger partial charge in [-0.25, -0.2) is 0 Å². The lowest BCUT2D eigenvalue weighted by atomic mass is 9.78. The van der Waals surface area contributed by atoms with Crippen molar-refractivity contribution in [1.29, 1.82) is 0 Å². The van der Waals surface area contributed by atoms with Gasteiger partial charge in [0.15, 0.2) is 0 Å². The first-order chi connectivity index (χ1) is 5.27. The minimum absolute atomic E-state index is 0.505. The summed E-state index contributed by atoms with van der Waals surface area (Å²) in [6.07, 6.45) is 5.39. The summed E-state index contributed by atoms with van der Waals surface area (Å²) in [5.74, 6) is 0. The smallest absolute Gasteiger partial charge is 0.0354 e. The first-order valence-corrected chi connectivity index (χ1v) is 5.27. The highest BCUT2D eigenvalue weighted by Crippen LogP contribution is 2.33. The fourth-order valence-corrected chi connectivity index (χ4v) is 1.52. The van der Waals surface area contributed by atoms with Crippen LogP contribution >= 0.6 is 0 Å². The highest BCUT2D eigenvalue weighted by molar-refractivity contribution is 4.72. The summed E-state index contributed by atoms with van der Waals surface area (Å²) in [5.41, 5.74) is 1.06. The first kappa shape index (κ1) is 12.0. The van der Waals surface area contributed by atoms with E-state index in [4.69, 9.17) is 0 Å². The Bertz CT molecular complexity index is 114. The second-order valence-corrected chi connectivity index (χ2v) is 5.97. The Morgan fingerprint density at radius 2 is 1.25 bits per heavy atom. The standard InChI is InChI=1S/C12H26/c1-7-8-12(5,6)10-9-11(2,3)4/h7-10H2,1-6H3. The molecule has 12 heavy (non-hydrogen) atoms. The van der Waals surface area contributed by atoms with Crippen molar-refractivity contribution in [1.82, 2.24) is 0 Å². The predicted molar refractivity (Wildman–Crippen MR) is 57.4 cm³/mol. The average molecular weight is 170 g/mol. The third kappa shape index (κ3) is 6.69. The Morgan fingerprint density at radius 1 is 0.750 bits per heavy atom. The molecule has 0 bridgehead atoms. The topological polar surface area (TPSA) is 0 Å². The van der Waals surface area contributed by atoms with Gasteiger partial charge >= 0.3 is 0 Å². The Labute approximate surface area is 78.8 Å². The highest BCUT2D eigenvalue weighted by atomic mass is 14.3. The minimum atomic E-state index is 0.505. The first-order valence-electron chi connectivity index (χ1n) is 5.27. The van der Waals surface area contributed by atoms with Gasteiger partial charge in [-0.05, 0) is 30.1 Å². The molecular weight excluding hydrogens is 144 g/mol. The molecule has 0 saturated carbocycles. The SMILES string of the molecule is CCCC(C)(C)CCC(C)(C)C. The van der Waals surface area contributed by atoms with E-state index in [1.54, 1.807) is 0 Å². The molecule has 0 radical (unpaired) electrons. The molecule has 0 aromatic carbocycles. The van der Waals surface area contributed by atoms with Gasteiger partial charge in [-0.2, -0.15) is 0 Å². The molecule has 0 amide bonds. The number of rotatable bonds is 4. The third-order valence-electron chi connectivity index (χ3n) is 2.48. The minimum Gasteiger partial charge on any atom is -0.0654 e. The molecule has 0 rings (SSSR count). The molecule has 0 unspecified atom stereocenters. The summed E-state index contributed by atoms with van der Waals surface area (Å²) in [5, 5.41) is 0. The van der Waals surface area contributed by atoms with Gasteiger partial charge in [-0.1, -0.05) is 48.0 Å². The molecule has 0 aliphatic carbocycles. The van der Waals surface area contributed by atoms with Crippen LogP contribution in [0, 0.1) is 10.8 Å². The Hall–Kier alpha value is 0. The zero-order valence-electron chi connectivity index (χ0n) is 9.83. The van der Waals surface area contributed by atoms with Crippen LogP contribution < -0.4 is 0 Å². The molecule has 74 valence electrons. The van der Waals surface area contributed by atoms with Crippen molar-refractivity contribution in [2.45, 2.75) is 67.2 Å². The molecular formula is C12H26. The van der Waals surface area contributed by atoms with E-state index in [0.717, 1.165) is 0 Å². The summed E-state index contributed by atoms with van der Waals surface area (Å²) >= 11 is 0. The van der Waals surface area contributed by atoms with Crippen LogP contribution in [0.5, 0.6) is 0 Å². The van der Waals surface area contributed by atoms with Crippen molar-refractivity contribution in [2.75, 3.05) is 0 Å². The van der Waals surface area contributed by atoms with Crippen LogP contribution in [-0.4, -0.2) is 0 Å². The van der Waals surface area contributed by atoms with E-state index < -0.39 is 0 Å². The van der Waals surface area contributed by atoms with Gasteiger partial charge in [0.1, 0.15) is 0 Å². The molecule has 0 aliphatic heterocycles. The molecule has 0 aromatic rings. The quantitative estimate of drug-likeness (QED) is 0.576. The second-order valence-electron chi connectivity index (χ2n) is 5.97. The lowest BCUT2D eigenvalue weighted by molar-refractivity contribution is 0.239. The van der Waals surface area contributed by atoms with Crippen LogP contribution in [0.15, 0.2) is 0 Å². The van der Waals surface area contributed by atoms with Crippen molar-refractivity contribution in [3.05, 3.63) is 0 Å². The van der Waals surface area contributed by atoms with Gasteiger partial charge < -0.3 is 0 Å². The van der Waals surface area contributed by atoms with Crippen molar-refractivity contribution in [2.24, 2.45) is 10.8 Å². The molecule has 0 heterocycles.